The number of allylic oxidation sites excluding steroid dienone is 3. The van der Waals surface area contributed by atoms with E-state index >= 15 is 0 Å². The van der Waals surface area contributed by atoms with Crippen molar-refractivity contribution in [1.82, 2.24) is 0 Å². The molecule has 1 aliphatic heterocycles. The van der Waals surface area contributed by atoms with Crippen molar-refractivity contribution in [2.75, 3.05) is 0 Å². The number of aliphatic hydroxyl groups is 1. The van der Waals surface area contributed by atoms with Crippen molar-refractivity contribution in [3.05, 3.63) is 46.6 Å². The first kappa shape index (κ1) is 17.7. The summed E-state index contributed by atoms with van der Waals surface area (Å²) in [6, 6.07) is 0. The van der Waals surface area contributed by atoms with Crippen LogP contribution in [0.15, 0.2) is 46.6 Å². The number of ether oxygens (including phenoxy) is 1. The number of hydrogen-bond donors (Lipinski definition) is 1. The average molecular weight is 316 g/mol. The molecule has 0 aromatic heterocycles. The van der Waals surface area contributed by atoms with Crippen LogP contribution < -0.4 is 0 Å². The van der Waals surface area contributed by atoms with Gasteiger partial charge < -0.3 is 9.84 Å². The van der Waals surface area contributed by atoms with Crippen molar-refractivity contribution in [2.45, 2.75) is 71.5 Å². The lowest BCUT2D eigenvalue weighted by Crippen LogP contribution is -2.12. The lowest BCUT2D eigenvalue weighted by molar-refractivity contribution is -0.138. The molecule has 0 aromatic carbocycles. The van der Waals surface area contributed by atoms with E-state index in [-0.39, 0.29) is 12.1 Å². The summed E-state index contributed by atoms with van der Waals surface area (Å²) in [6.07, 6.45) is 8.53. The molecule has 0 amide bonds. The Labute approximate surface area is 139 Å². The van der Waals surface area contributed by atoms with E-state index in [1.807, 2.05) is 19.9 Å². The van der Waals surface area contributed by atoms with Gasteiger partial charge in [-0.15, -0.1) is 0 Å². The predicted molar refractivity (Wildman–Crippen MR) is 92.9 cm³/mol. The summed E-state index contributed by atoms with van der Waals surface area (Å²) in [4.78, 5) is 11.9. The fourth-order valence-electron chi connectivity index (χ4n) is 3.10. The molecule has 23 heavy (non-hydrogen) atoms. The van der Waals surface area contributed by atoms with Crippen LogP contribution in [-0.4, -0.2) is 23.3 Å². The van der Waals surface area contributed by atoms with E-state index in [1.54, 1.807) is 0 Å². The SMILES string of the molecule is C=C1CC/C=C(\C)CCC2=C(C)C(=O)O[C@H]2/C=C(\C)CC[C@@H]1O. The van der Waals surface area contributed by atoms with E-state index < -0.39 is 6.10 Å². The molecule has 0 fully saturated rings. The smallest absolute Gasteiger partial charge is 0.334 e. The Morgan fingerprint density at radius 2 is 1.87 bits per heavy atom. The molecular weight excluding hydrogens is 288 g/mol. The second-order valence-electron chi connectivity index (χ2n) is 6.79. The molecule has 1 N–H and O–H groups in total. The number of esters is 1. The molecule has 126 valence electrons. The van der Waals surface area contributed by atoms with E-state index in [0.29, 0.717) is 6.42 Å². The van der Waals surface area contributed by atoms with Crippen molar-refractivity contribution in [3.63, 3.8) is 0 Å². The largest absolute Gasteiger partial charge is 0.450 e. The van der Waals surface area contributed by atoms with Gasteiger partial charge in [0.05, 0.1) is 6.10 Å². The molecule has 3 nitrogen and oxygen atoms in total. The zero-order chi connectivity index (χ0) is 17.0. The summed E-state index contributed by atoms with van der Waals surface area (Å²) in [6.45, 7) is 10.0. The van der Waals surface area contributed by atoms with Gasteiger partial charge >= 0.3 is 5.97 Å². The van der Waals surface area contributed by atoms with Gasteiger partial charge in [-0.05, 0) is 76.5 Å². The number of fused-ring (bicyclic) bond motifs is 1. The molecule has 0 bridgehead atoms. The second kappa shape index (κ2) is 7.78. The fraction of sp³-hybridized carbons (Fsp3) is 0.550. The van der Waals surface area contributed by atoms with E-state index in [1.165, 1.54) is 5.57 Å². The predicted octanol–water partition coefficient (Wildman–Crippen LogP) is 4.39. The van der Waals surface area contributed by atoms with Gasteiger partial charge in [0.1, 0.15) is 6.10 Å². The molecule has 0 aromatic rings. The van der Waals surface area contributed by atoms with Crippen LogP contribution in [0, 0.1) is 0 Å². The molecule has 0 saturated carbocycles. The molecular formula is C20H28O3. The highest BCUT2D eigenvalue weighted by Crippen LogP contribution is 2.30. The Kier molecular flexibility index (Phi) is 6.00. The minimum Gasteiger partial charge on any atom is -0.450 e. The maximum Gasteiger partial charge on any atom is 0.334 e. The number of hydrogen-bond acceptors (Lipinski definition) is 3. The summed E-state index contributed by atoms with van der Waals surface area (Å²) in [5.41, 5.74) is 5.22. The molecule has 2 rings (SSSR count). The molecule has 0 saturated heterocycles. The molecule has 3 heteroatoms. The lowest BCUT2D eigenvalue weighted by Gasteiger charge is -2.16. The monoisotopic (exact) mass is 316 g/mol. The van der Waals surface area contributed by atoms with Gasteiger partial charge in [0.2, 0.25) is 0 Å². The zero-order valence-corrected chi connectivity index (χ0v) is 14.5. The third-order valence-corrected chi connectivity index (χ3v) is 4.83. The first-order valence-electron chi connectivity index (χ1n) is 8.47. The van der Waals surface area contributed by atoms with Crippen LogP contribution in [0.5, 0.6) is 0 Å². The van der Waals surface area contributed by atoms with Crippen molar-refractivity contribution in [1.29, 1.82) is 0 Å². The molecule has 1 heterocycles. The number of carbonyl (C=O) groups is 1. The average Bonchev–Trinajstić information content (AvgIpc) is 2.76. The molecule has 0 spiro atoms. The van der Waals surface area contributed by atoms with Gasteiger partial charge in [-0.2, -0.15) is 0 Å². The number of aliphatic hydroxyl groups excluding tert-OH is 1. The highest BCUT2D eigenvalue weighted by molar-refractivity contribution is 5.92. The summed E-state index contributed by atoms with van der Waals surface area (Å²) < 4.78 is 5.50. The van der Waals surface area contributed by atoms with Crippen molar-refractivity contribution >= 4 is 5.97 Å². The van der Waals surface area contributed by atoms with E-state index in [4.69, 9.17) is 4.74 Å². The zero-order valence-electron chi connectivity index (χ0n) is 14.5. The summed E-state index contributed by atoms with van der Waals surface area (Å²) >= 11 is 0. The van der Waals surface area contributed by atoms with Gasteiger partial charge in [-0.25, -0.2) is 4.79 Å². The topological polar surface area (TPSA) is 46.5 Å². The van der Waals surface area contributed by atoms with Gasteiger partial charge in [-0.1, -0.05) is 23.8 Å². The van der Waals surface area contributed by atoms with E-state index in [9.17, 15) is 9.90 Å². The normalized spacial score (nSPS) is 32.3. The van der Waals surface area contributed by atoms with Crippen molar-refractivity contribution in [3.8, 4) is 0 Å². The Bertz CT molecular complexity index is 578. The first-order chi connectivity index (χ1) is 10.9. The lowest BCUT2D eigenvalue weighted by atomic mass is 9.94. The Hall–Kier alpha value is -1.61. The highest BCUT2D eigenvalue weighted by Gasteiger charge is 2.29. The van der Waals surface area contributed by atoms with Crippen molar-refractivity contribution in [2.24, 2.45) is 0 Å². The van der Waals surface area contributed by atoms with Crippen LogP contribution in [0.1, 0.15) is 59.3 Å². The van der Waals surface area contributed by atoms with Crippen molar-refractivity contribution < 1.29 is 14.6 Å². The Morgan fingerprint density at radius 3 is 2.61 bits per heavy atom. The summed E-state index contributed by atoms with van der Waals surface area (Å²) in [5, 5.41) is 10.2. The van der Waals surface area contributed by atoms with Gasteiger partial charge in [-0.3, -0.25) is 0 Å². The minimum absolute atomic E-state index is 0.201. The standard InChI is InChI=1S/C20H28O3/c1-13-6-5-7-15(3)18(21)11-9-14(2)12-19-17(10-8-13)16(4)20(22)23-19/h6,12,18-19,21H,3,5,7-11H2,1-2,4H3/b13-6+,14-12+/t18-,19-/m0/s1. The van der Waals surface area contributed by atoms with Crippen LogP contribution in [-0.2, 0) is 9.53 Å². The van der Waals surface area contributed by atoms with E-state index in [2.05, 4.69) is 19.6 Å². The van der Waals surface area contributed by atoms with Crippen LogP contribution in [0.25, 0.3) is 0 Å². The number of rotatable bonds is 0. The first-order valence-corrected chi connectivity index (χ1v) is 8.47. The van der Waals surface area contributed by atoms with Crippen LogP contribution in [0.2, 0.25) is 0 Å². The molecule has 0 unspecified atom stereocenters. The van der Waals surface area contributed by atoms with E-state index in [0.717, 1.165) is 54.4 Å². The molecule has 1 aliphatic carbocycles. The third kappa shape index (κ3) is 4.68. The second-order valence-corrected chi connectivity index (χ2v) is 6.79. The molecule has 2 aliphatic rings. The molecule has 0 radical (unpaired) electrons. The van der Waals surface area contributed by atoms with Gasteiger partial charge in [0.15, 0.2) is 0 Å². The fourth-order valence-corrected chi connectivity index (χ4v) is 3.10. The van der Waals surface area contributed by atoms with Crippen LogP contribution in [0.3, 0.4) is 0 Å². The third-order valence-electron chi connectivity index (χ3n) is 4.83. The van der Waals surface area contributed by atoms with Crippen LogP contribution >= 0.6 is 0 Å². The summed E-state index contributed by atoms with van der Waals surface area (Å²) in [5.74, 6) is -0.201. The molecule has 2 atom stereocenters. The maximum atomic E-state index is 11.9. The van der Waals surface area contributed by atoms with Gasteiger partial charge in [0, 0.05) is 5.57 Å². The van der Waals surface area contributed by atoms with Crippen LogP contribution in [0.4, 0.5) is 0 Å². The highest BCUT2D eigenvalue weighted by atomic mass is 16.5. The Balaban J connectivity index is 2.23. The quantitative estimate of drug-likeness (QED) is 0.532. The number of carbonyl (C=O) groups excluding carboxylic acids is 1. The minimum atomic E-state index is -0.460. The maximum absolute atomic E-state index is 11.9. The summed E-state index contributed by atoms with van der Waals surface area (Å²) in [7, 11) is 0. The Morgan fingerprint density at radius 1 is 1.13 bits per heavy atom. The van der Waals surface area contributed by atoms with Gasteiger partial charge in [0.25, 0.3) is 0 Å².